The standard InChI is InChI=1S/C7H7NO4/c9-6-2-1-3-7(4-6)12-5-8(10)11/h1-4,9H,5H2. The fourth-order valence-corrected chi connectivity index (χ4v) is 0.701. The minimum absolute atomic E-state index is 0.0239. The molecule has 0 atom stereocenters. The monoisotopic (exact) mass is 169 g/mol. The maximum atomic E-state index is 9.88. The molecule has 0 saturated carbocycles. The first-order chi connectivity index (χ1) is 5.68. The van der Waals surface area contributed by atoms with Gasteiger partial charge in [-0.2, -0.15) is 0 Å². The zero-order chi connectivity index (χ0) is 8.97. The number of nitro groups is 1. The van der Waals surface area contributed by atoms with Gasteiger partial charge in [0.2, 0.25) is 0 Å². The Bertz CT molecular complexity index is 286. The van der Waals surface area contributed by atoms with Crippen molar-refractivity contribution in [2.75, 3.05) is 6.73 Å². The third kappa shape index (κ3) is 2.45. The van der Waals surface area contributed by atoms with Crippen LogP contribution in [0.1, 0.15) is 0 Å². The smallest absolute Gasteiger partial charge is 0.344 e. The summed E-state index contributed by atoms with van der Waals surface area (Å²) in [4.78, 5) is 9.28. The van der Waals surface area contributed by atoms with E-state index in [0.29, 0.717) is 0 Å². The number of nitrogens with zero attached hydrogens (tertiary/aromatic N) is 1. The van der Waals surface area contributed by atoms with Gasteiger partial charge in [0.05, 0.1) is 4.92 Å². The maximum Gasteiger partial charge on any atom is 0.344 e. The lowest BCUT2D eigenvalue weighted by atomic mass is 10.3. The highest BCUT2D eigenvalue weighted by atomic mass is 16.7. The zero-order valence-corrected chi connectivity index (χ0v) is 6.14. The van der Waals surface area contributed by atoms with Crippen molar-refractivity contribution in [3.8, 4) is 11.5 Å². The fraction of sp³-hybridized carbons (Fsp3) is 0.143. The molecule has 0 amide bonds. The highest BCUT2D eigenvalue weighted by Gasteiger charge is 1.98. The van der Waals surface area contributed by atoms with E-state index in [9.17, 15) is 10.1 Å². The average molecular weight is 169 g/mol. The van der Waals surface area contributed by atoms with Crippen molar-refractivity contribution in [1.82, 2.24) is 0 Å². The molecule has 0 bridgehead atoms. The van der Waals surface area contributed by atoms with Crippen molar-refractivity contribution >= 4 is 0 Å². The van der Waals surface area contributed by atoms with Gasteiger partial charge in [0.25, 0.3) is 0 Å². The lowest BCUT2D eigenvalue weighted by molar-refractivity contribution is -0.514. The van der Waals surface area contributed by atoms with Gasteiger partial charge in [0.15, 0.2) is 0 Å². The second-order valence-electron chi connectivity index (χ2n) is 2.10. The first kappa shape index (κ1) is 8.32. The molecule has 0 unspecified atom stereocenters. The van der Waals surface area contributed by atoms with Gasteiger partial charge in [0, 0.05) is 6.07 Å². The molecule has 1 N–H and O–H groups in total. The largest absolute Gasteiger partial charge is 0.508 e. The van der Waals surface area contributed by atoms with Crippen molar-refractivity contribution < 1.29 is 14.8 Å². The fourth-order valence-electron chi connectivity index (χ4n) is 0.701. The highest BCUT2D eigenvalue weighted by molar-refractivity contribution is 5.31. The van der Waals surface area contributed by atoms with E-state index in [-0.39, 0.29) is 11.5 Å². The Labute approximate surface area is 68.4 Å². The van der Waals surface area contributed by atoms with Crippen LogP contribution >= 0.6 is 0 Å². The lowest BCUT2D eigenvalue weighted by Gasteiger charge is -2.00. The van der Waals surface area contributed by atoms with Crippen molar-refractivity contribution in [2.45, 2.75) is 0 Å². The topological polar surface area (TPSA) is 72.6 Å². The van der Waals surface area contributed by atoms with E-state index in [4.69, 9.17) is 5.11 Å². The number of aromatic hydroxyl groups is 1. The molecular formula is C7H7NO4. The minimum atomic E-state index is -0.594. The van der Waals surface area contributed by atoms with E-state index < -0.39 is 11.7 Å². The molecule has 5 nitrogen and oxygen atoms in total. The predicted octanol–water partition coefficient (Wildman–Crippen LogP) is 1.01. The van der Waals surface area contributed by atoms with Crippen LogP contribution in [0.3, 0.4) is 0 Å². The average Bonchev–Trinajstić information content (AvgIpc) is 2.01. The minimum Gasteiger partial charge on any atom is -0.508 e. The van der Waals surface area contributed by atoms with E-state index in [1.54, 1.807) is 6.07 Å². The summed E-state index contributed by atoms with van der Waals surface area (Å²) in [6.07, 6.45) is 0. The molecule has 0 aliphatic rings. The number of hydrogen-bond acceptors (Lipinski definition) is 4. The van der Waals surface area contributed by atoms with Crippen molar-refractivity contribution in [1.29, 1.82) is 0 Å². The molecule has 12 heavy (non-hydrogen) atoms. The zero-order valence-electron chi connectivity index (χ0n) is 6.14. The number of hydrogen-bond donors (Lipinski definition) is 1. The van der Waals surface area contributed by atoms with Crippen LogP contribution in [0.15, 0.2) is 24.3 Å². The molecule has 0 saturated heterocycles. The molecular weight excluding hydrogens is 162 g/mol. The Morgan fingerprint density at radius 1 is 1.58 bits per heavy atom. The van der Waals surface area contributed by atoms with Crippen LogP contribution < -0.4 is 4.74 Å². The van der Waals surface area contributed by atoms with Gasteiger partial charge in [-0.25, -0.2) is 0 Å². The summed E-state index contributed by atoms with van der Waals surface area (Å²) in [7, 11) is 0. The molecule has 64 valence electrons. The summed E-state index contributed by atoms with van der Waals surface area (Å²) >= 11 is 0. The van der Waals surface area contributed by atoms with Crippen LogP contribution in [-0.4, -0.2) is 16.8 Å². The van der Waals surface area contributed by atoms with Gasteiger partial charge >= 0.3 is 6.73 Å². The van der Waals surface area contributed by atoms with Crippen LogP contribution in [0.5, 0.6) is 11.5 Å². The third-order valence-electron chi connectivity index (χ3n) is 1.15. The van der Waals surface area contributed by atoms with Crippen LogP contribution in [0.25, 0.3) is 0 Å². The Kier molecular flexibility index (Phi) is 2.47. The third-order valence-corrected chi connectivity index (χ3v) is 1.15. The molecule has 1 aromatic carbocycles. The van der Waals surface area contributed by atoms with Gasteiger partial charge in [-0.3, -0.25) is 10.1 Å². The van der Waals surface area contributed by atoms with E-state index >= 15 is 0 Å². The Morgan fingerprint density at radius 3 is 2.92 bits per heavy atom. The van der Waals surface area contributed by atoms with Crippen molar-refractivity contribution in [3.63, 3.8) is 0 Å². The molecule has 0 spiro atoms. The van der Waals surface area contributed by atoms with Gasteiger partial charge in [0.1, 0.15) is 11.5 Å². The summed E-state index contributed by atoms with van der Waals surface area (Å²) in [5.74, 6) is 0.308. The molecule has 0 aliphatic heterocycles. The summed E-state index contributed by atoms with van der Waals surface area (Å²) in [5, 5.41) is 18.8. The maximum absolute atomic E-state index is 9.88. The second kappa shape index (κ2) is 3.56. The van der Waals surface area contributed by atoms with E-state index in [0.717, 1.165) is 0 Å². The van der Waals surface area contributed by atoms with Gasteiger partial charge in [-0.1, -0.05) is 6.07 Å². The highest BCUT2D eigenvalue weighted by Crippen LogP contribution is 2.17. The van der Waals surface area contributed by atoms with Gasteiger partial charge < -0.3 is 9.84 Å². The summed E-state index contributed by atoms with van der Waals surface area (Å²) in [6, 6.07) is 5.84. The Balaban J connectivity index is 2.57. The SMILES string of the molecule is O=[N+]([O-])COc1cccc(O)c1. The van der Waals surface area contributed by atoms with Crippen LogP contribution in [0.2, 0.25) is 0 Å². The summed E-state index contributed by atoms with van der Waals surface area (Å²) < 4.78 is 4.69. The summed E-state index contributed by atoms with van der Waals surface area (Å²) in [5.41, 5.74) is 0. The predicted molar refractivity (Wildman–Crippen MR) is 40.6 cm³/mol. The van der Waals surface area contributed by atoms with Crippen LogP contribution in [0, 0.1) is 10.1 Å². The number of phenolic OH excluding ortho intramolecular Hbond substituents is 1. The van der Waals surface area contributed by atoms with Crippen molar-refractivity contribution in [3.05, 3.63) is 34.4 Å². The quantitative estimate of drug-likeness (QED) is 0.416. The number of phenols is 1. The van der Waals surface area contributed by atoms with Crippen LogP contribution in [-0.2, 0) is 0 Å². The summed E-state index contributed by atoms with van der Waals surface area (Å²) in [6.45, 7) is -0.594. The Hall–Kier alpha value is -1.78. The molecule has 1 rings (SSSR count). The first-order valence-electron chi connectivity index (χ1n) is 3.22. The van der Waals surface area contributed by atoms with E-state index in [1.807, 2.05) is 0 Å². The van der Waals surface area contributed by atoms with Gasteiger partial charge in [-0.15, -0.1) is 0 Å². The van der Waals surface area contributed by atoms with Crippen molar-refractivity contribution in [2.24, 2.45) is 0 Å². The molecule has 0 aromatic heterocycles. The first-order valence-corrected chi connectivity index (χ1v) is 3.22. The Morgan fingerprint density at radius 2 is 2.33 bits per heavy atom. The van der Waals surface area contributed by atoms with E-state index in [1.165, 1.54) is 18.2 Å². The lowest BCUT2D eigenvalue weighted by Crippen LogP contribution is -2.07. The normalized spacial score (nSPS) is 9.33. The number of benzene rings is 1. The molecule has 0 heterocycles. The van der Waals surface area contributed by atoms with Crippen LogP contribution in [0.4, 0.5) is 0 Å². The molecule has 0 fully saturated rings. The second-order valence-corrected chi connectivity index (χ2v) is 2.10. The molecule has 0 radical (unpaired) electrons. The molecule has 1 aromatic rings. The van der Waals surface area contributed by atoms with Gasteiger partial charge in [-0.05, 0) is 12.1 Å². The molecule has 0 aliphatic carbocycles. The van der Waals surface area contributed by atoms with E-state index in [2.05, 4.69) is 4.74 Å². The molecule has 5 heteroatoms. The number of rotatable bonds is 3. The number of ether oxygens (including phenoxy) is 1.